The lowest BCUT2D eigenvalue weighted by molar-refractivity contribution is 0.417. The van der Waals surface area contributed by atoms with Crippen LogP contribution in [0.4, 0.5) is 8.78 Å². The molecule has 0 spiro atoms. The highest BCUT2D eigenvalue weighted by Gasteiger charge is 1.99. The Morgan fingerprint density at radius 2 is 1.75 bits per heavy atom. The Morgan fingerprint density at radius 1 is 1.00 bits per heavy atom. The molecule has 0 heterocycles. The Balaban J connectivity index is 2.27. The SMILES string of the molecule is FC(F)=CCCc1cccc2ccccc12. The molecule has 2 rings (SSSR count). The largest absolute Gasteiger partial charge is 0.266 e. The number of benzene rings is 2. The summed E-state index contributed by atoms with van der Waals surface area (Å²) < 4.78 is 23.8. The Morgan fingerprint density at radius 3 is 2.56 bits per heavy atom. The third-order valence-electron chi connectivity index (χ3n) is 2.59. The molecule has 0 N–H and O–H groups in total. The zero-order chi connectivity index (χ0) is 11.4. The number of hydrogen-bond acceptors (Lipinski definition) is 0. The van der Waals surface area contributed by atoms with Crippen molar-refractivity contribution in [3.8, 4) is 0 Å². The van der Waals surface area contributed by atoms with Crippen LogP contribution in [-0.2, 0) is 6.42 Å². The molecule has 82 valence electrons. The van der Waals surface area contributed by atoms with Gasteiger partial charge in [0, 0.05) is 0 Å². The monoisotopic (exact) mass is 218 g/mol. The fourth-order valence-electron chi connectivity index (χ4n) is 1.85. The summed E-state index contributed by atoms with van der Waals surface area (Å²) in [5, 5.41) is 2.31. The van der Waals surface area contributed by atoms with Crippen molar-refractivity contribution in [2.45, 2.75) is 12.8 Å². The van der Waals surface area contributed by atoms with Crippen LogP contribution < -0.4 is 0 Å². The molecule has 0 bridgehead atoms. The van der Waals surface area contributed by atoms with Crippen LogP contribution >= 0.6 is 0 Å². The summed E-state index contributed by atoms with van der Waals surface area (Å²) in [7, 11) is 0. The lowest BCUT2D eigenvalue weighted by atomic mass is 10.0. The molecule has 0 aliphatic carbocycles. The number of allylic oxidation sites excluding steroid dienone is 1. The van der Waals surface area contributed by atoms with E-state index in [1.807, 2.05) is 42.5 Å². The maximum Gasteiger partial charge on any atom is 0.266 e. The van der Waals surface area contributed by atoms with Crippen LogP contribution in [-0.4, -0.2) is 0 Å². The Hall–Kier alpha value is -1.70. The summed E-state index contributed by atoms with van der Waals surface area (Å²) in [4.78, 5) is 0. The first kappa shape index (κ1) is 10.8. The molecule has 2 aromatic rings. The van der Waals surface area contributed by atoms with Gasteiger partial charge in [-0.1, -0.05) is 42.5 Å². The summed E-state index contributed by atoms with van der Waals surface area (Å²) in [6.45, 7) is 0. The summed E-state index contributed by atoms with van der Waals surface area (Å²) in [5.74, 6) is 0. The van der Waals surface area contributed by atoms with Crippen LogP contribution in [0, 0.1) is 0 Å². The van der Waals surface area contributed by atoms with E-state index in [4.69, 9.17) is 0 Å². The van der Waals surface area contributed by atoms with Crippen LogP contribution in [0.2, 0.25) is 0 Å². The minimum atomic E-state index is -1.60. The van der Waals surface area contributed by atoms with Gasteiger partial charge in [-0.3, -0.25) is 0 Å². The number of fused-ring (bicyclic) bond motifs is 1. The molecule has 0 atom stereocenters. The molecule has 0 saturated heterocycles. The van der Waals surface area contributed by atoms with Gasteiger partial charge in [0.15, 0.2) is 0 Å². The minimum absolute atomic E-state index is 0.385. The van der Waals surface area contributed by atoms with E-state index in [0.717, 1.165) is 22.4 Å². The Labute approximate surface area is 93.2 Å². The molecule has 0 aliphatic rings. The van der Waals surface area contributed by atoms with Gasteiger partial charge in [0.1, 0.15) is 0 Å². The minimum Gasteiger partial charge on any atom is -0.174 e. The van der Waals surface area contributed by atoms with Gasteiger partial charge in [-0.15, -0.1) is 0 Å². The highest BCUT2D eigenvalue weighted by molar-refractivity contribution is 5.85. The molecule has 0 nitrogen and oxygen atoms in total. The van der Waals surface area contributed by atoms with E-state index >= 15 is 0 Å². The first-order valence-corrected chi connectivity index (χ1v) is 5.25. The molecule has 2 heteroatoms. The fraction of sp³-hybridized carbons (Fsp3) is 0.143. The van der Waals surface area contributed by atoms with Crippen LogP contribution in [0.15, 0.2) is 54.6 Å². The van der Waals surface area contributed by atoms with Crippen molar-refractivity contribution in [1.29, 1.82) is 0 Å². The second-order valence-corrected chi connectivity index (χ2v) is 3.67. The number of halogens is 2. The zero-order valence-corrected chi connectivity index (χ0v) is 8.79. The van der Waals surface area contributed by atoms with Gasteiger partial charge in [-0.25, -0.2) is 0 Å². The highest BCUT2D eigenvalue weighted by Crippen LogP contribution is 2.20. The first-order valence-electron chi connectivity index (χ1n) is 5.25. The van der Waals surface area contributed by atoms with Gasteiger partial charge in [-0.2, -0.15) is 8.78 Å². The van der Waals surface area contributed by atoms with Gasteiger partial charge in [0.25, 0.3) is 6.08 Å². The molecule has 16 heavy (non-hydrogen) atoms. The van der Waals surface area contributed by atoms with Gasteiger partial charge in [-0.05, 0) is 35.3 Å². The fourth-order valence-corrected chi connectivity index (χ4v) is 1.85. The van der Waals surface area contributed by atoms with E-state index in [2.05, 4.69) is 0 Å². The predicted molar refractivity (Wildman–Crippen MR) is 62.6 cm³/mol. The van der Waals surface area contributed by atoms with Gasteiger partial charge < -0.3 is 0 Å². The van der Waals surface area contributed by atoms with Gasteiger partial charge >= 0.3 is 0 Å². The molecule has 0 fully saturated rings. The van der Waals surface area contributed by atoms with E-state index in [9.17, 15) is 8.78 Å². The molecule has 0 aliphatic heterocycles. The maximum absolute atomic E-state index is 11.9. The van der Waals surface area contributed by atoms with Crippen LogP contribution in [0.1, 0.15) is 12.0 Å². The van der Waals surface area contributed by atoms with E-state index in [1.165, 1.54) is 0 Å². The van der Waals surface area contributed by atoms with Crippen molar-refractivity contribution in [3.63, 3.8) is 0 Å². The zero-order valence-electron chi connectivity index (χ0n) is 8.79. The van der Waals surface area contributed by atoms with E-state index in [1.54, 1.807) is 0 Å². The molecular weight excluding hydrogens is 206 g/mol. The summed E-state index contributed by atoms with van der Waals surface area (Å²) in [6, 6.07) is 14.0. The Kier molecular flexibility index (Phi) is 3.30. The average Bonchev–Trinajstić information content (AvgIpc) is 2.29. The van der Waals surface area contributed by atoms with Crippen molar-refractivity contribution in [1.82, 2.24) is 0 Å². The van der Waals surface area contributed by atoms with Crippen molar-refractivity contribution < 1.29 is 8.78 Å². The third-order valence-corrected chi connectivity index (χ3v) is 2.59. The average molecular weight is 218 g/mol. The summed E-state index contributed by atoms with van der Waals surface area (Å²) >= 11 is 0. The van der Waals surface area contributed by atoms with E-state index < -0.39 is 6.08 Å². The van der Waals surface area contributed by atoms with E-state index in [-0.39, 0.29) is 0 Å². The van der Waals surface area contributed by atoms with Crippen molar-refractivity contribution >= 4 is 10.8 Å². The lowest BCUT2D eigenvalue weighted by Gasteiger charge is -2.04. The molecule has 0 amide bonds. The summed E-state index contributed by atoms with van der Waals surface area (Å²) in [5.41, 5.74) is 1.12. The number of aryl methyl sites for hydroxylation is 1. The maximum atomic E-state index is 11.9. The highest BCUT2D eigenvalue weighted by atomic mass is 19.3. The second kappa shape index (κ2) is 4.88. The normalized spacial score (nSPS) is 10.4. The molecular formula is C14H12F2. The van der Waals surface area contributed by atoms with Gasteiger partial charge in [0.05, 0.1) is 0 Å². The predicted octanol–water partition coefficient (Wildman–Crippen LogP) is 4.55. The topological polar surface area (TPSA) is 0 Å². The Bertz CT molecular complexity index is 506. The second-order valence-electron chi connectivity index (χ2n) is 3.67. The van der Waals surface area contributed by atoms with Crippen molar-refractivity contribution in [2.75, 3.05) is 0 Å². The van der Waals surface area contributed by atoms with Crippen LogP contribution in [0.3, 0.4) is 0 Å². The van der Waals surface area contributed by atoms with Crippen molar-refractivity contribution in [2.24, 2.45) is 0 Å². The first-order chi connectivity index (χ1) is 7.77. The van der Waals surface area contributed by atoms with Crippen LogP contribution in [0.25, 0.3) is 10.8 Å². The third kappa shape index (κ3) is 2.45. The van der Waals surface area contributed by atoms with E-state index in [0.29, 0.717) is 12.8 Å². The van der Waals surface area contributed by atoms with Crippen LogP contribution in [0.5, 0.6) is 0 Å². The summed E-state index contributed by atoms with van der Waals surface area (Å²) in [6.07, 6.45) is 0.414. The van der Waals surface area contributed by atoms with Gasteiger partial charge in [0.2, 0.25) is 0 Å². The van der Waals surface area contributed by atoms with Crippen molar-refractivity contribution in [3.05, 3.63) is 60.2 Å². The molecule has 2 aromatic carbocycles. The molecule has 0 radical (unpaired) electrons. The quantitative estimate of drug-likeness (QED) is 0.708. The molecule has 0 unspecified atom stereocenters. The standard InChI is InChI=1S/C14H12F2/c15-14(16)10-4-8-12-7-3-6-11-5-1-2-9-13(11)12/h1-3,5-7,9-10H,4,8H2. The molecule has 0 saturated carbocycles. The number of hydrogen-bond donors (Lipinski definition) is 0. The molecule has 0 aromatic heterocycles. The smallest absolute Gasteiger partial charge is 0.174 e. The lowest BCUT2D eigenvalue weighted by Crippen LogP contribution is -1.85. The number of rotatable bonds is 3.